The number of carbonyl (C=O) groups excluding carboxylic acids is 2. The number of rotatable bonds is 7. The predicted octanol–water partition coefficient (Wildman–Crippen LogP) is 0.904. The molecular weight excluding hydrogens is 512 g/mol. The number of aromatic nitrogens is 1. The Labute approximate surface area is 205 Å². The second-order valence-electron chi connectivity index (χ2n) is 7.22. The van der Waals surface area contributed by atoms with Gasteiger partial charge in [0.15, 0.2) is 10.8 Å². The number of carbonyl (C=O) groups is 3. The van der Waals surface area contributed by atoms with Gasteiger partial charge in [0.2, 0.25) is 0 Å². The molecule has 15 heteroatoms. The number of hydrogen-bond donors (Lipinski definition) is 5. The Balaban J connectivity index is 1.47. The Morgan fingerprint density at radius 3 is 2.85 bits per heavy atom. The molecule has 4 heterocycles. The molecular formula is C18H19ClN6O5S3. The van der Waals surface area contributed by atoms with Crippen molar-refractivity contribution in [3.05, 3.63) is 32.8 Å². The van der Waals surface area contributed by atoms with Crippen molar-refractivity contribution in [2.24, 2.45) is 5.16 Å². The lowest BCUT2D eigenvalue weighted by Crippen LogP contribution is -2.71. The van der Waals surface area contributed by atoms with E-state index in [2.05, 4.69) is 20.8 Å². The van der Waals surface area contributed by atoms with Gasteiger partial charge in [-0.3, -0.25) is 14.5 Å². The van der Waals surface area contributed by atoms with E-state index in [4.69, 9.17) is 17.3 Å². The van der Waals surface area contributed by atoms with Crippen LogP contribution >= 0.6 is 46.5 Å². The number of β-lactam (4-membered cyclic amide) rings is 1. The third kappa shape index (κ3) is 4.71. The monoisotopic (exact) mass is 530 g/mol. The molecule has 0 bridgehead atoms. The number of nitrogen functional groups attached to an aromatic ring is 1. The zero-order valence-corrected chi connectivity index (χ0v) is 20.1. The van der Waals surface area contributed by atoms with Crippen molar-refractivity contribution in [2.75, 3.05) is 24.6 Å². The molecule has 2 fully saturated rings. The summed E-state index contributed by atoms with van der Waals surface area (Å²) in [6.07, 6.45) is 2.78. The lowest BCUT2D eigenvalue weighted by molar-refractivity contribution is -0.150. The van der Waals surface area contributed by atoms with Crippen molar-refractivity contribution in [1.29, 1.82) is 0 Å². The molecule has 2 amide bonds. The molecule has 11 nitrogen and oxygen atoms in total. The number of nitrogens with zero attached hydrogens (tertiary/aromatic N) is 3. The van der Waals surface area contributed by atoms with Crippen LogP contribution in [-0.2, 0) is 14.4 Å². The van der Waals surface area contributed by atoms with Gasteiger partial charge in [0.25, 0.3) is 11.8 Å². The summed E-state index contributed by atoms with van der Waals surface area (Å²) < 4.78 is 0.0582. The predicted molar refractivity (Wildman–Crippen MR) is 128 cm³/mol. The lowest BCUT2D eigenvalue weighted by Gasteiger charge is -2.49. The van der Waals surface area contributed by atoms with Crippen LogP contribution < -0.4 is 16.4 Å². The van der Waals surface area contributed by atoms with E-state index in [0.717, 1.165) is 30.8 Å². The zero-order valence-electron chi connectivity index (χ0n) is 16.9. The first-order valence-corrected chi connectivity index (χ1v) is 12.9. The zero-order chi connectivity index (χ0) is 23.7. The summed E-state index contributed by atoms with van der Waals surface area (Å²) >= 11 is 9.85. The third-order valence-electron chi connectivity index (χ3n) is 5.18. The number of hydrogen-bond acceptors (Lipinski definition) is 11. The highest BCUT2D eigenvalue weighted by atomic mass is 35.5. The molecule has 1 aromatic rings. The van der Waals surface area contributed by atoms with Crippen LogP contribution in [0.5, 0.6) is 0 Å². The normalized spacial score (nSPS) is 25.4. The standard InChI is InChI=1S/C18H19ClN6O5S3/c19-13-9(23-18(20)33-13)10(24-30)14(26)22-11-15(27)25-12(17(28)29)7(6-32-16(11)25)2-4-31-8-1-3-21-5-8/h2,4,8,11,16,21,30H,1,3,5-6H2,(H2,20,23)(H,22,26)(H,28,29)/b4-2?,24-10-/t8-,11+,16+/m0/s1. The van der Waals surface area contributed by atoms with E-state index in [1.807, 2.05) is 5.41 Å². The average molecular weight is 531 g/mol. The Kier molecular flexibility index (Phi) is 7.19. The maximum Gasteiger partial charge on any atom is 0.352 e. The van der Waals surface area contributed by atoms with Gasteiger partial charge in [-0.15, -0.1) is 23.5 Å². The highest BCUT2D eigenvalue weighted by molar-refractivity contribution is 8.02. The Bertz CT molecular complexity index is 1080. The highest BCUT2D eigenvalue weighted by Crippen LogP contribution is 2.41. The van der Waals surface area contributed by atoms with Crippen LogP contribution in [0.25, 0.3) is 0 Å². The van der Waals surface area contributed by atoms with E-state index in [9.17, 15) is 24.7 Å². The number of carboxylic acid groups (broad SMARTS) is 1. The number of allylic oxidation sites excluding steroid dienone is 1. The Hall–Kier alpha value is -2.26. The molecule has 4 rings (SSSR count). The smallest absolute Gasteiger partial charge is 0.352 e. The van der Waals surface area contributed by atoms with Crippen LogP contribution in [-0.4, -0.2) is 79.2 Å². The van der Waals surface area contributed by atoms with Gasteiger partial charge in [0.1, 0.15) is 27.1 Å². The topological polar surface area (TPSA) is 170 Å². The number of aliphatic carboxylic acids is 1. The van der Waals surface area contributed by atoms with Crippen LogP contribution in [0.4, 0.5) is 5.13 Å². The summed E-state index contributed by atoms with van der Waals surface area (Å²) in [6, 6.07) is -0.993. The van der Waals surface area contributed by atoms with Crippen molar-refractivity contribution in [2.45, 2.75) is 23.1 Å². The minimum Gasteiger partial charge on any atom is -0.477 e. The van der Waals surface area contributed by atoms with Gasteiger partial charge in [-0.2, -0.15) is 0 Å². The minimum atomic E-state index is -1.21. The second kappa shape index (κ2) is 9.93. The van der Waals surface area contributed by atoms with Gasteiger partial charge < -0.3 is 26.7 Å². The van der Waals surface area contributed by atoms with Gasteiger partial charge in [-0.1, -0.05) is 28.1 Å². The summed E-state index contributed by atoms with van der Waals surface area (Å²) in [7, 11) is 0. The maximum absolute atomic E-state index is 12.8. The molecule has 0 aromatic carbocycles. The first-order valence-electron chi connectivity index (χ1n) is 9.70. The fraction of sp³-hybridized carbons (Fsp3) is 0.389. The Morgan fingerprint density at radius 1 is 1.45 bits per heavy atom. The number of carboxylic acids is 1. The number of nitrogens with one attached hydrogen (secondary N) is 2. The molecule has 0 aliphatic carbocycles. The second-order valence-corrected chi connectivity index (χ2v) is 11.2. The summed E-state index contributed by atoms with van der Waals surface area (Å²) in [5.41, 5.74) is 5.41. The summed E-state index contributed by atoms with van der Waals surface area (Å²) in [5.74, 6) is -2.31. The Morgan fingerprint density at radius 2 is 2.24 bits per heavy atom. The van der Waals surface area contributed by atoms with E-state index in [0.29, 0.717) is 16.6 Å². The number of amides is 2. The van der Waals surface area contributed by atoms with Gasteiger partial charge in [0, 0.05) is 17.5 Å². The van der Waals surface area contributed by atoms with Crippen molar-refractivity contribution in [1.82, 2.24) is 20.5 Å². The number of anilines is 1. The van der Waals surface area contributed by atoms with E-state index >= 15 is 0 Å². The number of halogens is 1. The van der Waals surface area contributed by atoms with Crippen LogP contribution in [0.1, 0.15) is 12.1 Å². The molecule has 1 aromatic heterocycles. The van der Waals surface area contributed by atoms with Crippen LogP contribution in [0.15, 0.2) is 27.9 Å². The van der Waals surface area contributed by atoms with E-state index in [1.165, 1.54) is 16.7 Å². The van der Waals surface area contributed by atoms with Gasteiger partial charge in [0.05, 0.1) is 0 Å². The highest BCUT2D eigenvalue weighted by Gasteiger charge is 2.54. The van der Waals surface area contributed by atoms with Crippen molar-refractivity contribution < 1.29 is 24.7 Å². The first-order chi connectivity index (χ1) is 15.8. The number of nitrogens with two attached hydrogens (primary N) is 1. The number of thiazole rings is 1. The average Bonchev–Trinajstić information content (AvgIpc) is 3.41. The molecule has 176 valence electrons. The van der Waals surface area contributed by atoms with Crippen LogP contribution in [0.3, 0.4) is 0 Å². The number of fused-ring (bicyclic) bond motifs is 1. The fourth-order valence-corrected chi connectivity index (χ4v) is 6.80. The SMILES string of the molecule is Nc1nc(/C(=N/O)C(=O)N[C@@H]2C(=O)N3C(C(=O)O)=C(C=CS[C@H]4CCNC4)CS[C@H]23)c(Cl)s1. The molecule has 0 saturated carbocycles. The van der Waals surface area contributed by atoms with E-state index in [-0.39, 0.29) is 20.9 Å². The van der Waals surface area contributed by atoms with Crippen LogP contribution in [0.2, 0.25) is 4.34 Å². The molecule has 3 aliphatic rings. The first kappa shape index (κ1) is 23.9. The van der Waals surface area contributed by atoms with E-state index < -0.39 is 34.9 Å². The fourth-order valence-electron chi connectivity index (χ4n) is 3.62. The summed E-state index contributed by atoms with van der Waals surface area (Å²) in [6.45, 7) is 1.87. The van der Waals surface area contributed by atoms with Crippen LogP contribution in [0, 0.1) is 0 Å². The number of thioether (sulfide) groups is 2. The van der Waals surface area contributed by atoms with Gasteiger partial charge in [-0.25, -0.2) is 9.78 Å². The number of oxime groups is 1. The minimum absolute atomic E-state index is 0.0582. The molecule has 3 atom stereocenters. The molecule has 0 unspecified atom stereocenters. The van der Waals surface area contributed by atoms with Crippen molar-refractivity contribution in [3.63, 3.8) is 0 Å². The van der Waals surface area contributed by atoms with E-state index in [1.54, 1.807) is 17.8 Å². The van der Waals surface area contributed by atoms with Crippen molar-refractivity contribution >= 4 is 75.1 Å². The quantitative estimate of drug-likeness (QED) is 0.148. The summed E-state index contributed by atoms with van der Waals surface area (Å²) in [4.78, 5) is 42.4. The molecule has 2 saturated heterocycles. The van der Waals surface area contributed by atoms with Gasteiger partial charge in [-0.05, 0) is 30.0 Å². The molecule has 33 heavy (non-hydrogen) atoms. The summed E-state index contributed by atoms with van der Waals surface area (Å²) in [5, 5.41) is 29.5. The third-order valence-corrected chi connectivity index (χ3v) is 8.65. The molecule has 6 N–H and O–H groups in total. The molecule has 0 spiro atoms. The molecule has 3 aliphatic heterocycles. The maximum atomic E-state index is 12.8. The van der Waals surface area contributed by atoms with Gasteiger partial charge >= 0.3 is 5.97 Å². The van der Waals surface area contributed by atoms with Crippen molar-refractivity contribution in [3.8, 4) is 0 Å². The largest absolute Gasteiger partial charge is 0.477 e. The lowest BCUT2D eigenvalue weighted by atomic mass is 10.0. The molecule has 0 radical (unpaired) electrons.